The zero-order chi connectivity index (χ0) is 16.2. The minimum atomic E-state index is -3.75. The Labute approximate surface area is 127 Å². The Morgan fingerprint density at radius 2 is 1.95 bits per heavy atom. The van der Waals surface area contributed by atoms with Gasteiger partial charge in [-0.25, -0.2) is 23.8 Å². The van der Waals surface area contributed by atoms with E-state index in [1.165, 1.54) is 30.5 Å². The Bertz CT molecular complexity index is 793. The van der Waals surface area contributed by atoms with Gasteiger partial charge in [0.05, 0.1) is 16.8 Å². The second kappa shape index (κ2) is 6.41. The third kappa shape index (κ3) is 4.17. The molecule has 0 saturated heterocycles. The molecule has 0 atom stereocenters. The molecule has 2 rings (SSSR count). The summed E-state index contributed by atoms with van der Waals surface area (Å²) in [5.41, 5.74) is 3.55. The number of hydrogen-bond donors (Lipinski definition) is 3. The van der Waals surface area contributed by atoms with Crippen molar-refractivity contribution in [2.24, 2.45) is 17.3 Å². The highest BCUT2D eigenvalue weighted by atomic mass is 32.2. The number of benzene rings is 1. The van der Waals surface area contributed by atoms with E-state index in [4.69, 9.17) is 5.14 Å². The standard InChI is InChI=1S/C13H15N5O3S/c1-18-8-2-3-11(18)9-15-17-13(19)16-10-4-6-12(7-5-10)22(14,20)21/h2-9H,1H3,(H2,14,20,21)(H2,16,17,19)/b15-9+. The van der Waals surface area contributed by atoms with Gasteiger partial charge in [0.25, 0.3) is 0 Å². The van der Waals surface area contributed by atoms with Gasteiger partial charge in [-0.15, -0.1) is 0 Å². The van der Waals surface area contributed by atoms with Crippen LogP contribution in [0.4, 0.5) is 10.5 Å². The number of aryl methyl sites for hydroxylation is 1. The van der Waals surface area contributed by atoms with Crippen LogP contribution in [0, 0.1) is 0 Å². The largest absolute Gasteiger partial charge is 0.350 e. The fourth-order valence-electron chi connectivity index (χ4n) is 1.65. The molecule has 116 valence electrons. The second-order valence-corrected chi connectivity index (χ2v) is 6.00. The lowest BCUT2D eigenvalue weighted by molar-refractivity contribution is 0.252. The Balaban J connectivity index is 1.92. The Morgan fingerprint density at radius 1 is 1.27 bits per heavy atom. The highest BCUT2D eigenvalue weighted by molar-refractivity contribution is 7.89. The number of urea groups is 1. The van der Waals surface area contributed by atoms with Crippen molar-refractivity contribution in [2.75, 3.05) is 5.32 Å². The summed E-state index contributed by atoms with van der Waals surface area (Å²) in [4.78, 5) is 11.6. The van der Waals surface area contributed by atoms with E-state index in [2.05, 4.69) is 15.8 Å². The van der Waals surface area contributed by atoms with Crippen LogP contribution in [-0.4, -0.2) is 25.2 Å². The number of amides is 2. The molecular weight excluding hydrogens is 306 g/mol. The molecule has 0 unspecified atom stereocenters. The van der Waals surface area contributed by atoms with Crippen LogP contribution in [0.15, 0.2) is 52.6 Å². The van der Waals surface area contributed by atoms with Gasteiger partial charge >= 0.3 is 6.03 Å². The number of anilines is 1. The summed E-state index contributed by atoms with van der Waals surface area (Å²) in [7, 11) is -1.89. The minimum absolute atomic E-state index is 0.0276. The first-order chi connectivity index (χ1) is 10.4. The van der Waals surface area contributed by atoms with E-state index in [9.17, 15) is 13.2 Å². The summed E-state index contributed by atoms with van der Waals surface area (Å²) in [6.45, 7) is 0. The maximum atomic E-state index is 11.6. The van der Waals surface area contributed by atoms with Crippen molar-refractivity contribution in [1.82, 2.24) is 9.99 Å². The van der Waals surface area contributed by atoms with Crippen molar-refractivity contribution in [1.29, 1.82) is 0 Å². The van der Waals surface area contributed by atoms with Crippen LogP contribution in [0.5, 0.6) is 0 Å². The summed E-state index contributed by atoms with van der Waals surface area (Å²) in [5, 5.41) is 11.3. The number of aromatic nitrogens is 1. The van der Waals surface area contributed by atoms with E-state index >= 15 is 0 Å². The normalized spacial score (nSPS) is 11.5. The zero-order valence-corrected chi connectivity index (χ0v) is 12.5. The van der Waals surface area contributed by atoms with E-state index < -0.39 is 16.1 Å². The maximum absolute atomic E-state index is 11.6. The van der Waals surface area contributed by atoms with E-state index in [0.717, 1.165) is 5.69 Å². The molecule has 1 aromatic carbocycles. The Morgan fingerprint density at radius 3 is 2.50 bits per heavy atom. The maximum Gasteiger partial charge on any atom is 0.339 e. The van der Waals surface area contributed by atoms with Crippen LogP contribution in [-0.2, 0) is 17.1 Å². The number of carbonyl (C=O) groups is 1. The molecule has 9 heteroatoms. The molecular formula is C13H15N5O3S. The fraction of sp³-hybridized carbons (Fsp3) is 0.0769. The smallest absolute Gasteiger partial charge is 0.339 e. The van der Waals surface area contributed by atoms with Crippen LogP contribution < -0.4 is 15.9 Å². The van der Waals surface area contributed by atoms with E-state index in [1.807, 2.05) is 29.9 Å². The predicted octanol–water partition coefficient (Wildman–Crippen LogP) is 0.828. The molecule has 0 saturated carbocycles. The monoisotopic (exact) mass is 321 g/mol. The lowest BCUT2D eigenvalue weighted by Gasteiger charge is -2.05. The lowest BCUT2D eigenvalue weighted by Crippen LogP contribution is -2.24. The van der Waals surface area contributed by atoms with E-state index in [0.29, 0.717) is 5.69 Å². The predicted molar refractivity (Wildman–Crippen MR) is 83.0 cm³/mol. The van der Waals surface area contributed by atoms with Gasteiger partial charge in [0.2, 0.25) is 10.0 Å². The highest BCUT2D eigenvalue weighted by Crippen LogP contribution is 2.12. The average molecular weight is 321 g/mol. The Hall–Kier alpha value is -2.65. The molecule has 0 radical (unpaired) electrons. The van der Waals surface area contributed by atoms with Crippen molar-refractivity contribution >= 4 is 28.0 Å². The number of nitrogens with zero attached hydrogens (tertiary/aromatic N) is 2. The number of nitrogens with two attached hydrogens (primary N) is 1. The van der Waals surface area contributed by atoms with Gasteiger partial charge in [0, 0.05) is 18.9 Å². The molecule has 22 heavy (non-hydrogen) atoms. The second-order valence-electron chi connectivity index (χ2n) is 4.44. The summed E-state index contributed by atoms with van der Waals surface area (Å²) in [6.07, 6.45) is 3.36. The molecule has 0 aliphatic carbocycles. The molecule has 0 aliphatic rings. The number of sulfonamides is 1. The van der Waals surface area contributed by atoms with Crippen molar-refractivity contribution in [3.63, 3.8) is 0 Å². The number of rotatable bonds is 4. The molecule has 0 spiro atoms. The van der Waals surface area contributed by atoms with Gasteiger partial charge in [-0.3, -0.25) is 0 Å². The van der Waals surface area contributed by atoms with Crippen molar-refractivity contribution in [3.05, 3.63) is 48.3 Å². The van der Waals surface area contributed by atoms with Crippen LogP contribution in [0.25, 0.3) is 0 Å². The minimum Gasteiger partial charge on any atom is -0.350 e. The summed E-state index contributed by atoms with van der Waals surface area (Å²) in [6, 6.07) is 8.62. The van der Waals surface area contributed by atoms with Crippen LogP contribution in [0.2, 0.25) is 0 Å². The number of primary sulfonamides is 1. The molecule has 0 bridgehead atoms. The topological polar surface area (TPSA) is 119 Å². The molecule has 0 aliphatic heterocycles. The lowest BCUT2D eigenvalue weighted by atomic mass is 10.3. The van der Waals surface area contributed by atoms with Gasteiger partial charge in [-0.2, -0.15) is 5.10 Å². The zero-order valence-electron chi connectivity index (χ0n) is 11.7. The average Bonchev–Trinajstić information content (AvgIpc) is 2.84. The third-order valence-corrected chi connectivity index (χ3v) is 3.72. The van der Waals surface area contributed by atoms with Gasteiger partial charge < -0.3 is 9.88 Å². The van der Waals surface area contributed by atoms with Gasteiger partial charge in [0.15, 0.2) is 0 Å². The number of nitrogens with one attached hydrogen (secondary N) is 2. The molecule has 2 amide bonds. The van der Waals surface area contributed by atoms with Gasteiger partial charge in [0.1, 0.15) is 0 Å². The molecule has 8 nitrogen and oxygen atoms in total. The van der Waals surface area contributed by atoms with Gasteiger partial charge in [-0.1, -0.05) is 0 Å². The summed E-state index contributed by atoms with van der Waals surface area (Å²) >= 11 is 0. The summed E-state index contributed by atoms with van der Waals surface area (Å²) < 4.78 is 24.1. The fourth-order valence-corrected chi connectivity index (χ4v) is 2.17. The van der Waals surface area contributed by atoms with Crippen molar-refractivity contribution in [2.45, 2.75) is 4.90 Å². The first-order valence-electron chi connectivity index (χ1n) is 6.20. The van der Waals surface area contributed by atoms with Gasteiger partial charge in [-0.05, 0) is 36.4 Å². The molecule has 2 aromatic rings. The first kappa shape index (κ1) is 15.7. The SMILES string of the molecule is Cn1cccc1/C=N/NC(=O)Nc1ccc(S(N)(=O)=O)cc1. The van der Waals surface area contributed by atoms with Crippen LogP contribution in [0.3, 0.4) is 0 Å². The Kier molecular flexibility index (Phi) is 4.59. The highest BCUT2D eigenvalue weighted by Gasteiger charge is 2.07. The van der Waals surface area contributed by atoms with E-state index in [-0.39, 0.29) is 4.90 Å². The van der Waals surface area contributed by atoms with Crippen molar-refractivity contribution < 1.29 is 13.2 Å². The molecule has 0 fully saturated rings. The number of hydrazone groups is 1. The third-order valence-electron chi connectivity index (χ3n) is 2.79. The van der Waals surface area contributed by atoms with E-state index in [1.54, 1.807) is 0 Å². The molecule has 1 aromatic heterocycles. The first-order valence-corrected chi connectivity index (χ1v) is 7.75. The van der Waals surface area contributed by atoms with Crippen molar-refractivity contribution in [3.8, 4) is 0 Å². The number of carbonyl (C=O) groups excluding carboxylic acids is 1. The number of hydrogen-bond acceptors (Lipinski definition) is 4. The summed E-state index contributed by atoms with van der Waals surface area (Å²) in [5.74, 6) is 0. The quantitative estimate of drug-likeness (QED) is 0.571. The van der Waals surface area contributed by atoms with Crippen LogP contribution >= 0.6 is 0 Å². The van der Waals surface area contributed by atoms with Crippen LogP contribution in [0.1, 0.15) is 5.69 Å². The molecule has 4 N–H and O–H groups in total. The molecule has 1 heterocycles.